The van der Waals surface area contributed by atoms with E-state index >= 15 is 0 Å². The second kappa shape index (κ2) is 11.4. The Kier molecular flexibility index (Phi) is 9.61. The third-order valence-corrected chi connectivity index (χ3v) is 5.53. The van der Waals surface area contributed by atoms with Crippen molar-refractivity contribution >= 4 is 51.6 Å². The molecule has 2 aliphatic heterocycles. The van der Waals surface area contributed by atoms with Gasteiger partial charge in [0.15, 0.2) is 5.96 Å². The molecule has 2 unspecified atom stereocenters. The van der Waals surface area contributed by atoms with Crippen LogP contribution in [-0.4, -0.2) is 75.9 Å². The highest BCUT2D eigenvalue weighted by Crippen LogP contribution is 2.28. The van der Waals surface area contributed by atoms with Gasteiger partial charge in [-0.05, 0) is 48.5 Å². The number of anilines is 1. The molecule has 3 rings (SSSR count). The summed E-state index contributed by atoms with van der Waals surface area (Å²) < 4.78 is 6.97. The first kappa shape index (κ1) is 22.7. The van der Waals surface area contributed by atoms with E-state index in [0.29, 0.717) is 12.6 Å². The summed E-state index contributed by atoms with van der Waals surface area (Å²) in [5.74, 6) is 0.892. The second-order valence-electron chi connectivity index (χ2n) is 7.00. The Morgan fingerprint density at radius 3 is 2.85 bits per heavy atom. The fourth-order valence-electron chi connectivity index (χ4n) is 3.49. The monoisotopic (exact) mass is 551 g/mol. The van der Waals surface area contributed by atoms with Crippen LogP contribution in [-0.2, 0) is 4.74 Å². The molecule has 1 aromatic rings. The zero-order valence-electron chi connectivity index (χ0n) is 16.2. The molecular formula is C19H31BrIN5O. The molecule has 2 fully saturated rings. The predicted octanol–water partition coefficient (Wildman–Crippen LogP) is 2.53. The molecule has 0 aromatic heterocycles. The van der Waals surface area contributed by atoms with Crippen molar-refractivity contribution in [2.45, 2.75) is 25.5 Å². The Bertz CT molecular complexity index is 618. The van der Waals surface area contributed by atoms with Crippen molar-refractivity contribution in [1.82, 2.24) is 15.5 Å². The van der Waals surface area contributed by atoms with Gasteiger partial charge in [-0.25, -0.2) is 0 Å². The van der Waals surface area contributed by atoms with Crippen molar-refractivity contribution in [2.24, 2.45) is 4.99 Å². The molecule has 0 spiro atoms. The summed E-state index contributed by atoms with van der Waals surface area (Å²) in [6.07, 6.45) is 1.29. The van der Waals surface area contributed by atoms with E-state index in [0.717, 1.165) is 56.2 Å². The van der Waals surface area contributed by atoms with Crippen molar-refractivity contribution in [3.8, 4) is 0 Å². The van der Waals surface area contributed by atoms with Crippen LogP contribution in [0.4, 0.5) is 5.69 Å². The third kappa shape index (κ3) is 6.76. The maximum Gasteiger partial charge on any atom is 0.191 e. The summed E-state index contributed by atoms with van der Waals surface area (Å²) in [5.41, 5.74) is 1.26. The molecule has 2 aliphatic rings. The Morgan fingerprint density at radius 2 is 2.11 bits per heavy atom. The fraction of sp³-hybridized carbons (Fsp3) is 0.632. The number of hydrogen-bond donors (Lipinski definition) is 2. The largest absolute Gasteiger partial charge is 0.374 e. The van der Waals surface area contributed by atoms with Gasteiger partial charge in [-0.15, -0.1) is 24.0 Å². The molecule has 6 nitrogen and oxygen atoms in total. The SMILES string of the molecule is CCNC(=NCC1CN(C)CCO1)NC1CCN(c2ccccc2Br)C1.I. The molecule has 152 valence electrons. The van der Waals surface area contributed by atoms with Crippen molar-refractivity contribution in [3.63, 3.8) is 0 Å². The minimum absolute atomic E-state index is 0. The minimum atomic E-state index is 0. The zero-order valence-corrected chi connectivity index (χ0v) is 20.1. The number of likely N-dealkylation sites (N-methyl/N-ethyl adjacent to an activating group) is 1. The maximum atomic E-state index is 5.82. The van der Waals surface area contributed by atoms with Crippen LogP contribution in [0.15, 0.2) is 33.7 Å². The van der Waals surface area contributed by atoms with Crippen LogP contribution in [0.3, 0.4) is 0 Å². The fourth-order valence-corrected chi connectivity index (χ4v) is 4.02. The number of guanidine groups is 1. The lowest BCUT2D eigenvalue weighted by Gasteiger charge is -2.29. The highest BCUT2D eigenvalue weighted by Gasteiger charge is 2.25. The van der Waals surface area contributed by atoms with Gasteiger partial charge in [0.2, 0.25) is 0 Å². The molecule has 0 radical (unpaired) electrons. The van der Waals surface area contributed by atoms with Crippen molar-refractivity contribution < 1.29 is 4.74 Å². The first-order chi connectivity index (χ1) is 12.7. The van der Waals surface area contributed by atoms with Gasteiger partial charge >= 0.3 is 0 Å². The number of halogens is 2. The second-order valence-corrected chi connectivity index (χ2v) is 7.86. The molecule has 8 heteroatoms. The van der Waals surface area contributed by atoms with Crippen LogP contribution in [0, 0.1) is 0 Å². The molecule has 2 N–H and O–H groups in total. The van der Waals surface area contributed by atoms with E-state index < -0.39 is 0 Å². The standard InChI is InChI=1S/C19H30BrN5O.HI/c1-3-21-19(22-12-16-14-24(2)10-11-26-16)23-15-8-9-25(13-15)18-7-5-4-6-17(18)20;/h4-7,15-16H,3,8-14H2,1-2H3,(H2,21,22,23);1H. The number of nitrogens with one attached hydrogen (secondary N) is 2. The number of hydrogen-bond acceptors (Lipinski definition) is 4. The summed E-state index contributed by atoms with van der Waals surface area (Å²) in [6, 6.07) is 8.81. The lowest BCUT2D eigenvalue weighted by Crippen LogP contribution is -2.46. The molecule has 2 heterocycles. The van der Waals surface area contributed by atoms with Gasteiger partial charge in [0.1, 0.15) is 0 Å². The number of rotatable bonds is 5. The van der Waals surface area contributed by atoms with E-state index in [-0.39, 0.29) is 30.1 Å². The molecule has 0 saturated carbocycles. The van der Waals surface area contributed by atoms with Crippen molar-refractivity contribution in [2.75, 3.05) is 57.8 Å². The highest BCUT2D eigenvalue weighted by atomic mass is 127. The molecule has 0 bridgehead atoms. The van der Waals surface area contributed by atoms with Gasteiger partial charge in [0.05, 0.1) is 24.9 Å². The van der Waals surface area contributed by atoms with Crippen LogP contribution in [0.2, 0.25) is 0 Å². The summed E-state index contributed by atoms with van der Waals surface area (Å²) in [5, 5.41) is 6.97. The van der Waals surface area contributed by atoms with E-state index in [1.165, 1.54) is 5.69 Å². The van der Waals surface area contributed by atoms with E-state index in [9.17, 15) is 0 Å². The van der Waals surface area contributed by atoms with Crippen LogP contribution in [0.25, 0.3) is 0 Å². The molecule has 27 heavy (non-hydrogen) atoms. The normalized spacial score (nSPS) is 23.8. The number of ether oxygens (including phenoxy) is 1. The van der Waals surface area contributed by atoms with E-state index in [2.05, 4.69) is 74.6 Å². The highest BCUT2D eigenvalue weighted by molar-refractivity contribution is 14.0. The van der Waals surface area contributed by atoms with Crippen LogP contribution >= 0.6 is 39.9 Å². The topological polar surface area (TPSA) is 52.1 Å². The van der Waals surface area contributed by atoms with E-state index in [1.54, 1.807) is 0 Å². The average Bonchev–Trinajstić information content (AvgIpc) is 3.09. The first-order valence-corrected chi connectivity index (χ1v) is 10.3. The predicted molar refractivity (Wildman–Crippen MR) is 127 cm³/mol. The molecule has 2 saturated heterocycles. The lowest BCUT2D eigenvalue weighted by molar-refractivity contribution is -0.0136. The minimum Gasteiger partial charge on any atom is -0.374 e. The molecule has 2 atom stereocenters. The van der Waals surface area contributed by atoms with Crippen LogP contribution < -0.4 is 15.5 Å². The third-order valence-electron chi connectivity index (χ3n) is 4.86. The van der Waals surface area contributed by atoms with E-state index in [4.69, 9.17) is 9.73 Å². The number of nitrogens with zero attached hydrogens (tertiary/aromatic N) is 3. The summed E-state index contributed by atoms with van der Waals surface area (Å²) in [6.45, 7) is 8.44. The van der Waals surface area contributed by atoms with Gasteiger partial charge in [-0.3, -0.25) is 4.99 Å². The zero-order chi connectivity index (χ0) is 18.4. The van der Waals surface area contributed by atoms with E-state index in [1.807, 2.05) is 0 Å². The van der Waals surface area contributed by atoms with Gasteiger partial charge in [-0.2, -0.15) is 0 Å². The van der Waals surface area contributed by atoms with Crippen molar-refractivity contribution in [1.29, 1.82) is 0 Å². The Morgan fingerprint density at radius 1 is 1.30 bits per heavy atom. The summed E-state index contributed by atoms with van der Waals surface area (Å²) in [7, 11) is 2.14. The molecular weight excluding hydrogens is 521 g/mol. The Balaban J connectivity index is 0.00000261. The van der Waals surface area contributed by atoms with Crippen molar-refractivity contribution in [3.05, 3.63) is 28.7 Å². The lowest BCUT2D eigenvalue weighted by atomic mass is 10.2. The van der Waals surface area contributed by atoms with Crippen LogP contribution in [0.1, 0.15) is 13.3 Å². The van der Waals surface area contributed by atoms with Gasteiger partial charge in [-0.1, -0.05) is 12.1 Å². The summed E-state index contributed by atoms with van der Waals surface area (Å²) >= 11 is 3.66. The average molecular weight is 552 g/mol. The number of benzene rings is 1. The maximum absolute atomic E-state index is 5.82. The molecule has 0 aliphatic carbocycles. The van der Waals surface area contributed by atoms with Gasteiger partial charge in [0, 0.05) is 43.2 Å². The Hall–Kier alpha value is -0.580. The quantitative estimate of drug-likeness (QED) is 0.335. The number of aliphatic imine (C=N–C) groups is 1. The van der Waals surface area contributed by atoms with Crippen LogP contribution in [0.5, 0.6) is 0 Å². The van der Waals surface area contributed by atoms with Gasteiger partial charge < -0.3 is 25.2 Å². The number of morpholine rings is 1. The summed E-state index contributed by atoms with van der Waals surface area (Å²) in [4.78, 5) is 9.49. The van der Waals surface area contributed by atoms with Gasteiger partial charge in [0.25, 0.3) is 0 Å². The molecule has 1 aromatic carbocycles. The number of para-hydroxylation sites is 1. The first-order valence-electron chi connectivity index (χ1n) is 9.50. The molecule has 0 amide bonds. The Labute approximate surface area is 188 Å². The smallest absolute Gasteiger partial charge is 0.191 e.